The van der Waals surface area contributed by atoms with E-state index in [1.807, 2.05) is 31.2 Å². The summed E-state index contributed by atoms with van der Waals surface area (Å²) in [5.74, 6) is -0.870. The Morgan fingerprint density at radius 2 is 2.08 bits per heavy atom. The highest BCUT2D eigenvalue weighted by atomic mass is 32.2. The summed E-state index contributed by atoms with van der Waals surface area (Å²) in [6.45, 7) is 3.51. The molecular formula is C17H23NO5S. The smallest absolute Gasteiger partial charge is 0.328 e. The van der Waals surface area contributed by atoms with E-state index in [2.05, 4.69) is 0 Å². The van der Waals surface area contributed by atoms with Crippen LogP contribution < -0.4 is 0 Å². The lowest BCUT2D eigenvalue weighted by Gasteiger charge is -2.32. The van der Waals surface area contributed by atoms with Crippen molar-refractivity contribution in [3.63, 3.8) is 0 Å². The van der Waals surface area contributed by atoms with Crippen molar-refractivity contribution >= 4 is 21.7 Å². The van der Waals surface area contributed by atoms with Gasteiger partial charge in [-0.3, -0.25) is 4.79 Å². The first-order valence-corrected chi connectivity index (χ1v) is 9.70. The van der Waals surface area contributed by atoms with Crippen molar-refractivity contribution in [3.8, 4) is 0 Å². The topological polar surface area (TPSA) is 80.8 Å². The monoisotopic (exact) mass is 353 g/mol. The minimum absolute atomic E-state index is 0.0415. The minimum atomic E-state index is -3.17. The normalized spacial score (nSPS) is 20.4. The van der Waals surface area contributed by atoms with Crippen LogP contribution in [0.15, 0.2) is 24.3 Å². The van der Waals surface area contributed by atoms with Crippen molar-refractivity contribution in [2.75, 3.05) is 18.6 Å². The molecule has 0 aromatic heterocycles. The number of sulfone groups is 1. The van der Waals surface area contributed by atoms with Crippen LogP contribution in [0.1, 0.15) is 24.5 Å². The molecular weight excluding hydrogens is 330 g/mol. The number of hydrogen-bond acceptors (Lipinski definition) is 5. The molecule has 0 unspecified atom stereocenters. The maximum Gasteiger partial charge on any atom is 0.328 e. The predicted octanol–water partition coefficient (Wildman–Crippen LogP) is 1.11. The molecule has 1 fully saturated rings. The van der Waals surface area contributed by atoms with Crippen LogP contribution in [-0.4, -0.2) is 55.9 Å². The summed E-state index contributed by atoms with van der Waals surface area (Å²) in [4.78, 5) is 26.1. The lowest BCUT2D eigenvalue weighted by Crippen LogP contribution is -2.50. The Bertz CT molecular complexity index is 728. The average molecular weight is 353 g/mol. The SMILES string of the molecule is COC(=O)[C@H](C)N(C(=O)Cc1cccc(C)c1)[C@H]1CCS(=O)(=O)C1. The molecule has 1 aliphatic heterocycles. The summed E-state index contributed by atoms with van der Waals surface area (Å²) >= 11 is 0. The van der Waals surface area contributed by atoms with Crippen LogP contribution in [0, 0.1) is 6.92 Å². The Morgan fingerprint density at radius 1 is 1.38 bits per heavy atom. The molecule has 1 aliphatic rings. The second kappa shape index (κ2) is 7.34. The van der Waals surface area contributed by atoms with Crippen molar-refractivity contribution in [1.82, 2.24) is 4.90 Å². The van der Waals surface area contributed by atoms with Gasteiger partial charge in [0, 0.05) is 6.04 Å². The number of hydrogen-bond donors (Lipinski definition) is 0. The fourth-order valence-corrected chi connectivity index (χ4v) is 4.81. The Hall–Kier alpha value is -1.89. The number of benzene rings is 1. The van der Waals surface area contributed by atoms with E-state index in [1.165, 1.54) is 12.0 Å². The number of rotatable bonds is 5. The van der Waals surface area contributed by atoms with Crippen LogP contribution in [-0.2, 0) is 30.6 Å². The zero-order valence-electron chi connectivity index (χ0n) is 14.2. The Kier molecular flexibility index (Phi) is 5.64. The molecule has 1 aromatic rings. The molecule has 0 N–H and O–H groups in total. The van der Waals surface area contributed by atoms with E-state index in [4.69, 9.17) is 4.74 Å². The lowest BCUT2D eigenvalue weighted by molar-refractivity contribution is -0.153. The van der Waals surface area contributed by atoms with E-state index in [-0.39, 0.29) is 23.8 Å². The van der Waals surface area contributed by atoms with Gasteiger partial charge >= 0.3 is 5.97 Å². The number of ether oxygens (including phenoxy) is 1. The molecule has 0 radical (unpaired) electrons. The molecule has 132 valence electrons. The molecule has 24 heavy (non-hydrogen) atoms. The molecule has 0 aliphatic carbocycles. The average Bonchev–Trinajstić information content (AvgIpc) is 2.86. The van der Waals surface area contributed by atoms with Crippen LogP contribution in [0.25, 0.3) is 0 Å². The largest absolute Gasteiger partial charge is 0.467 e. The number of carbonyl (C=O) groups excluding carboxylic acids is 2. The Morgan fingerprint density at radius 3 is 2.62 bits per heavy atom. The van der Waals surface area contributed by atoms with Gasteiger partial charge < -0.3 is 9.64 Å². The molecule has 0 saturated carbocycles. The van der Waals surface area contributed by atoms with Gasteiger partial charge in [-0.15, -0.1) is 0 Å². The molecule has 2 rings (SSSR count). The summed E-state index contributed by atoms with van der Waals surface area (Å²) in [5, 5.41) is 0. The summed E-state index contributed by atoms with van der Waals surface area (Å²) in [7, 11) is -1.91. The summed E-state index contributed by atoms with van der Waals surface area (Å²) < 4.78 is 28.3. The Labute approximate surface area is 142 Å². The van der Waals surface area contributed by atoms with Gasteiger partial charge in [-0.25, -0.2) is 13.2 Å². The quantitative estimate of drug-likeness (QED) is 0.741. The van der Waals surface area contributed by atoms with E-state index < -0.39 is 27.9 Å². The first-order valence-electron chi connectivity index (χ1n) is 7.88. The number of nitrogens with zero attached hydrogens (tertiary/aromatic N) is 1. The minimum Gasteiger partial charge on any atom is -0.467 e. The van der Waals surface area contributed by atoms with Crippen LogP contribution >= 0.6 is 0 Å². The molecule has 1 aromatic carbocycles. The van der Waals surface area contributed by atoms with Crippen LogP contribution in [0.2, 0.25) is 0 Å². The third-order valence-corrected chi connectivity index (χ3v) is 6.04. The highest BCUT2D eigenvalue weighted by Gasteiger charge is 2.39. The van der Waals surface area contributed by atoms with Gasteiger partial charge in [0.1, 0.15) is 6.04 Å². The van der Waals surface area contributed by atoms with Gasteiger partial charge in [0.05, 0.1) is 25.0 Å². The van der Waals surface area contributed by atoms with Crippen molar-refractivity contribution < 1.29 is 22.7 Å². The maximum absolute atomic E-state index is 12.8. The zero-order valence-corrected chi connectivity index (χ0v) is 15.0. The van der Waals surface area contributed by atoms with Gasteiger partial charge in [-0.2, -0.15) is 0 Å². The van der Waals surface area contributed by atoms with Gasteiger partial charge in [0.25, 0.3) is 0 Å². The van der Waals surface area contributed by atoms with Crippen molar-refractivity contribution in [3.05, 3.63) is 35.4 Å². The van der Waals surface area contributed by atoms with E-state index in [9.17, 15) is 18.0 Å². The summed E-state index contributed by atoms with van der Waals surface area (Å²) in [5.41, 5.74) is 1.87. The lowest BCUT2D eigenvalue weighted by atomic mass is 10.1. The van der Waals surface area contributed by atoms with Crippen LogP contribution in [0.4, 0.5) is 0 Å². The number of methoxy groups -OCH3 is 1. The van der Waals surface area contributed by atoms with Crippen molar-refractivity contribution in [2.45, 2.75) is 38.8 Å². The Balaban J connectivity index is 2.24. The molecule has 2 atom stereocenters. The second-order valence-electron chi connectivity index (χ2n) is 6.22. The molecule has 6 nitrogen and oxygen atoms in total. The fraction of sp³-hybridized carbons (Fsp3) is 0.529. The molecule has 1 saturated heterocycles. The highest BCUT2D eigenvalue weighted by Crippen LogP contribution is 2.22. The van der Waals surface area contributed by atoms with E-state index in [0.717, 1.165) is 11.1 Å². The molecule has 1 heterocycles. The van der Waals surface area contributed by atoms with Crippen LogP contribution in [0.5, 0.6) is 0 Å². The van der Waals surface area contributed by atoms with Crippen molar-refractivity contribution in [1.29, 1.82) is 0 Å². The van der Waals surface area contributed by atoms with Gasteiger partial charge in [0.2, 0.25) is 5.91 Å². The maximum atomic E-state index is 12.8. The van der Waals surface area contributed by atoms with Gasteiger partial charge in [0.15, 0.2) is 9.84 Å². The number of carbonyl (C=O) groups is 2. The standard InChI is InChI=1S/C17H23NO5S/c1-12-5-4-6-14(9-12)10-16(19)18(13(2)17(20)23-3)15-7-8-24(21,22)11-15/h4-6,9,13,15H,7-8,10-11H2,1-3H3/t13-,15-/m0/s1. The molecule has 0 spiro atoms. The van der Waals surface area contributed by atoms with Gasteiger partial charge in [-0.1, -0.05) is 29.8 Å². The van der Waals surface area contributed by atoms with Crippen LogP contribution in [0.3, 0.4) is 0 Å². The summed E-state index contributed by atoms with van der Waals surface area (Å²) in [6, 6.07) is 6.26. The summed E-state index contributed by atoms with van der Waals surface area (Å²) in [6.07, 6.45) is 0.475. The van der Waals surface area contributed by atoms with E-state index in [0.29, 0.717) is 6.42 Å². The number of esters is 1. The van der Waals surface area contributed by atoms with Gasteiger partial charge in [-0.05, 0) is 25.8 Å². The zero-order chi connectivity index (χ0) is 17.9. The molecule has 1 amide bonds. The highest BCUT2D eigenvalue weighted by molar-refractivity contribution is 7.91. The first-order chi connectivity index (χ1) is 11.2. The predicted molar refractivity (Wildman–Crippen MR) is 90.3 cm³/mol. The third kappa shape index (κ3) is 4.35. The fourth-order valence-electron chi connectivity index (χ4n) is 3.10. The van der Waals surface area contributed by atoms with E-state index >= 15 is 0 Å². The second-order valence-corrected chi connectivity index (χ2v) is 8.45. The molecule has 7 heteroatoms. The number of amides is 1. The number of aryl methyl sites for hydroxylation is 1. The first kappa shape index (κ1) is 18.4. The molecule has 0 bridgehead atoms. The third-order valence-electron chi connectivity index (χ3n) is 4.29. The van der Waals surface area contributed by atoms with E-state index in [1.54, 1.807) is 6.92 Å². The van der Waals surface area contributed by atoms with Crippen molar-refractivity contribution in [2.24, 2.45) is 0 Å².